The van der Waals surface area contributed by atoms with Crippen LogP contribution in [0.1, 0.15) is 35.7 Å². The first-order valence-corrected chi connectivity index (χ1v) is 8.20. The normalized spacial score (nSPS) is 12.5. The lowest BCUT2D eigenvalue weighted by Crippen LogP contribution is -2.40. The molecule has 1 heterocycles. The van der Waals surface area contributed by atoms with Crippen LogP contribution in [-0.4, -0.2) is 55.1 Å². The number of ether oxygens (including phenoxy) is 1. The second-order valence-corrected chi connectivity index (χ2v) is 5.96. The Bertz CT molecular complexity index is 608. The van der Waals surface area contributed by atoms with Crippen molar-refractivity contribution in [3.05, 3.63) is 29.6 Å². The van der Waals surface area contributed by atoms with Gasteiger partial charge in [0.1, 0.15) is 0 Å². The van der Waals surface area contributed by atoms with Gasteiger partial charge >= 0.3 is 6.18 Å². The number of aromatic nitrogens is 1. The molecule has 1 rings (SSSR count). The summed E-state index contributed by atoms with van der Waals surface area (Å²) in [6.07, 6.45) is -2.44. The minimum atomic E-state index is -4.38. The Kier molecular flexibility index (Phi) is 8.50. The molecule has 0 saturated heterocycles. The van der Waals surface area contributed by atoms with Crippen LogP contribution in [0.25, 0.3) is 0 Å². The Morgan fingerprint density at radius 1 is 1.35 bits per heavy atom. The standard InChI is InChI=1S/C17H24F3N3O3/c1-4-13(8-17(18,19)20)16(25)23(2)6-5-22-15(24)14-7-12(11-26-3)9-21-10-14/h7,9-10,13H,4-6,8,11H2,1-3H3,(H,22,24). The van der Waals surface area contributed by atoms with Gasteiger partial charge in [0.25, 0.3) is 5.91 Å². The molecule has 0 spiro atoms. The molecule has 0 aliphatic rings. The van der Waals surface area contributed by atoms with Crippen LogP contribution in [0, 0.1) is 5.92 Å². The number of likely N-dealkylation sites (N-methyl/N-ethyl adjacent to an activating group) is 1. The molecular weight excluding hydrogens is 351 g/mol. The van der Waals surface area contributed by atoms with Crippen molar-refractivity contribution in [1.82, 2.24) is 15.2 Å². The number of hydrogen-bond acceptors (Lipinski definition) is 4. The van der Waals surface area contributed by atoms with E-state index in [2.05, 4.69) is 10.3 Å². The number of carbonyl (C=O) groups excluding carboxylic acids is 2. The number of alkyl halides is 3. The van der Waals surface area contributed by atoms with E-state index in [1.54, 1.807) is 19.2 Å². The van der Waals surface area contributed by atoms with E-state index in [0.717, 1.165) is 5.56 Å². The van der Waals surface area contributed by atoms with Crippen LogP contribution >= 0.6 is 0 Å². The van der Waals surface area contributed by atoms with E-state index in [9.17, 15) is 22.8 Å². The van der Waals surface area contributed by atoms with Gasteiger partial charge in [-0.1, -0.05) is 6.92 Å². The number of halogens is 3. The molecule has 1 aromatic rings. The summed E-state index contributed by atoms with van der Waals surface area (Å²) in [5.41, 5.74) is 1.09. The maximum absolute atomic E-state index is 12.5. The van der Waals surface area contributed by atoms with Crippen molar-refractivity contribution < 1.29 is 27.5 Å². The molecule has 0 aliphatic heterocycles. The molecule has 1 unspecified atom stereocenters. The maximum atomic E-state index is 12.5. The van der Waals surface area contributed by atoms with Gasteiger partial charge in [-0.25, -0.2) is 0 Å². The zero-order valence-corrected chi connectivity index (χ0v) is 15.1. The second kappa shape index (κ2) is 10.1. The first kappa shape index (κ1) is 21.9. The molecule has 0 aliphatic carbocycles. The van der Waals surface area contributed by atoms with Crippen LogP contribution in [-0.2, 0) is 16.1 Å². The predicted octanol–water partition coefficient (Wildman–Crippen LogP) is 2.39. The van der Waals surface area contributed by atoms with Crippen molar-refractivity contribution in [1.29, 1.82) is 0 Å². The lowest BCUT2D eigenvalue weighted by molar-refractivity contribution is -0.159. The highest BCUT2D eigenvalue weighted by atomic mass is 19.4. The molecule has 26 heavy (non-hydrogen) atoms. The lowest BCUT2D eigenvalue weighted by Gasteiger charge is -2.24. The second-order valence-electron chi connectivity index (χ2n) is 5.96. The van der Waals surface area contributed by atoms with Gasteiger partial charge < -0.3 is 15.0 Å². The maximum Gasteiger partial charge on any atom is 0.389 e. The van der Waals surface area contributed by atoms with E-state index in [4.69, 9.17) is 4.74 Å². The molecule has 1 atom stereocenters. The molecule has 0 radical (unpaired) electrons. The summed E-state index contributed by atoms with van der Waals surface area (Å²) in [4.78, 5) is 29.3. The first-order chi connectivity index (χ1) is 12.2. The average molecular weight is 375 g/mol. The molecule has 146 valence electrons. The van der Waals surface area contributed by atoms with Crippen LogP contribution < -0.4 is 5.32 Å². The molecule has 0 saturated carbocycles. The van der Waals surface area contributed by atoms with Crippen molar-refractivity contribution >= 4 is 11.8 Å². The van der Waals surface area contributed by atoms with Gasteiger partial charge in [0.05, 0.1) is 18.6 Å². The number of hydrogen-bond donors (Lipinski definition) is 1. The summed E-state index contributed by atoms with van der Waals surface area (Å²) in [6.45, 7) is 2.11. The zero-order valence-electron chi connectivity index (χ0n) is 15.1. The summed E-state index contributed by atoms with van der Waals surface area (Å²) in [5, 5.41) is 2.62. The minimum Gasteiger partial charge on any atom is -0.380 e. The first-order valence-electron chi connectivity index (χ1n) is 8.20. The summed E-state index contributed by atoms with van der Waals surface area (Å²) in [5.74, 6) is -2.06. The van der Waals surface area contributed by atoms with Gasteiger partial charge in [-0.15, -0.1) is 0 Å². The van der Waals surface area contributed by atoms with Crippen molar-refractivity contribution in [2.45, 2.75) is 32.5 Å². The zero-order chi connectivity index (χ0) is 19.7. The van der Waals surface area contributed by atoms with Gasteiger partial charge in [-0.2, -0.15) is 13.2 Å². The number of methoxy groups -OCH3 is 1. The number of pyridine rings is 1. The summed E-state index contributed by atoms with van der Waals surface area (Å²) in [7, 11) is 2.95. The molecule has 1 aromatic heterocycles. The number of nitrogens with one attached hydrogen (secondary N) is 1. The summed E-state index contributed by atoms with van der Waals surface area (Å²) < 4.78 is 42.5. The third-order valence-corrected chi connectivity index (χ3v) is 3.80. The molecule has 1 N–H and O–H groups in total. The smallest absolute Gasteiger partial charge is 0.380 e. The van der Waals surface area contributed by atoms with Crippen molar-refractivity contribution in [2.24, 2.45) is 5.92 Å². The molecule has 0 fully saturated rings. The Morgan fingerprint density at radius 2 is 2.04 bits per heavy atom. The van der Waals surface area contributed by atoms with E-state index < -0.39 is 24.4 Å². The van der Waals surface area contributed by atoms with E-state index in [-0.39, 0.29) is 25.4 Å². The highest BCUT2D eigenvalue weighted by Crippen LogP contribution is 2.27. The highest BCUT2D eigenvalue weighted by Gasteiger charge is 2.35. The third kappa shape index (κ3) is 7.38. The van der Waals surface area contributed by atoms with E-state index in [0.29, 0.717) is 12.2 Å². The van der Waals surface area contributed by atoms with Crippen LogP contribution in [0.2, 0.25) is 0 Å². The molecule has 0 aromatic carbocycles. The fourth-order valence-electron chi connectivity index (χ4n) is 2.40. The van der Waals surface area contributed by atoms with Crippen LogP contribution in [0.15, 0.2) is 18.5 Å². The van der Waals surface area contributed by atoms with Crippen molar-refractivity contribution in [2.75, 3.05) is 27.2 Å². The Balaban J connectivity index is 2.51. The van der Waals surface area contributed by atoms with Crippen molar-refractivity contribution in [3.63, 3.8) is 0 Å². The quantitative estimate of drug-likeness (QED) is 0.719. The number of carbonyl (C=O) groups is 2. The van der Waals surface area contributed by atoms with Crippen LogP contribution in [0.4, 0.5) is 13.2 Å². The minimum absolute atomic E-state index is 0.104. The summed E-state index contributed by atoms with van der Waals surface area (Å²) >= 11 is 0. The Labute approximate surface area is 150 Å². The van der Waals surface area contributed by atoms with E-state index in [1.165, 1.54) is 25.3 Å². The highest BCUT2D eigenvalue weighted by molar-refractivity contribution is 5.94. The Morgan fingerprint density at radius 3 is 2.62 bits per heavy atom. The predicted molar refractivity (Wildman–Crippen MR) is 89.4 cm³/mol. The fraction of sp³-hybridized carbons (Fsp3) is 0.588. The number of amides is 2. The molecule has 9 heteroatoms. The monoisotopic (exact) mass is 375 g/mol. The van der Waals surface area contributed by atoms with Gasteiger partial charge in [-0.3, -0.25) is 14.6 Å². The molecule has 0 bridgehead atoms. The number of rotatable bonds is 9. The third-order valence-electron chi connectivity index (χ3n) is 3.80. The lowest BCUT2D eigenvalue weighted by atomic mass is 10.0. The summed E-state index contributed by atoms with van der Waals surface area (Å²) in [6, 6.07) is 1.64. The van der Waals surface area contributed by atoms with Gasteiger partial charge in [0.2, 0.25) is 5.91 Å². The largest absolute Gasteiger partial charge is 0.389 e. The van der Waals surface area contributed by atoms with Crippen LogP contribution in [0.3, 0.4) is 0 Å². The van der Waals surface area contributed by atoms with Gasteiger partial charge in [0.15, 0.2) is 0 Å². The van der Waals surface area contributed by atoms with Gasteiger partial charge in [-0.05, 0) is 18.1 Å². The molecule has 2 amide bonds. The van der Waals surface area contributed by atoms with E-state index >= 15 is 0 Å². The van der Waals surface area contributed by atoms with E-state index in [1.807, 2.05) is 0 Å². The fourth-order valence-corrected chi connectivity index (χ4v) is 2.40. The van der Waals surface area contributed by atoms with Crippen molar-refractivity contribution in [3.8, 4) is 0 Å². The van der Waals surface area contributed by atoms with Gasteiger partial charge in [0, 0.05) is 45.6 Å². The topological polar surface area (TPSA) is 71.5 Å². The van der Waals surface area contributed by atoms with Crippen LogP contribution in [0.5, 0.6) is 0 Å². The number of nitrogens with zero attached hydrogens (tertiary/aromatic N) is 2. The Hall–Kier alpha value is -2.16. The molecule has 6 nitrogen and oxygen atoms in total. The average Bonchev–Trinajstić information content (AvgIpc) is 2.58. The SMILES string of the molecule is CCC(CC(F)(F)F)C(=O)N(C)CCNC(=O)c1cncc(COC)c1. The molecular formula is C17H24F3N3O3.